The van der Waals surface area contributed by atoms with Gasteiger partial charge in [0, 0.05) is 22.1 Å². The molecule has 0 N–H and O–H groups in total. The molecule has 0 bridgehead atoms. The molecule has 0 atom stereocenters. The van der Waals surface area contributed by atoms with Crippen molar-refractivity contribution in [2.75, 3.05) is 4.90 Å². The van der Waals surface area contributed by atoms with Gasteiger partial charge < -0.3 is 4.90 Å². The van der Waals surface area contributed by atoms with Gasteiger partial charge >= 0.3 is 0 Å². The maximum Gasteiger partial charge on any atom is 0.0546 e. The molecule has 0 saturated heterocycles. The second-order valence-corrected chi connectivity index (χ2v) is 14.6. The van der Waals surface area contributed by atoms with E-state index in [1.165, 1.54) is 76.8 Å². The van der Waals surface area contributed by atoms with Crippen molar-refractivity contribution in [3.05, 3.63) is 199 Å². The van der Waals surface area contributed by atoms with Crippen LogP contribution in [0.15, 0.2) is 188 Å². The van der Waals surface area contributed by atoms with Gasteiger partial charge in [0.25, 0.3) is 0 Å². The highest BCUT2D eigenvalue weighted by Crippen LogP contribution is 2.52. The highest BCUT2D eigenvalue weighted by atomic mass is 15.1. The Hall–Kier alpha value is -6.44. The van der Waals surface area contributed by atoms with Crippen molar-refractivity contribution >= 4 is 49.4 Å². The van der Waals surface area contributed by atoms with Gasteiger partial charge in [0.15, 0.2) is 0 Å². The van der Waals surface area contributed by atoms with Gasteiger partial charge in [-0.2, -0.15) is 0 Å². The van der Waals surface area contributed by atoms with Crippen molar-refractivity contribution in [1.82, 2.24) is 0 Å². The average molecular weight is 664 g/mol. The number of anilines is 3. The predicted octanol–water partition coefficient (Wildman–Crippen LogP) is 14.3. The standard InChI is InChI=1S/C51H37N/c1-51(2)47-20-10-9-19-45(47)46-29-27-42(33-48(46)51)52(49-21-11-17-36-14-7-8-18-43(36)49)50-32-40(39-24-22-34-12-3-5-15-37(34)30-39)26-28-44(50)41-25-23-35-13-4-6-16-38(35)31-41/h3-33H,1-2H3. The van der Waals surface area contributed by atoms with Gasteiger partial charge in [-0.25, -0.2) is 0 Å². The summed E-state index contributed by atoms with van der Waals surface area (Å²) in [7, 11) is 0. The summed E-state index contributed by atoms with van der Waals surface area (Å²) >= 11 is 0. The minimum atomic E-state index is -0.125. The number of hydrogen-bond donors (Lipinski definition) is 0. The first-order valence-electron chi connectivity index (χ1n) is 18.2. The molecule has 1 aliphatic carbocycles. The number of rotatable bonds is 5. The zero-order valence-electron chi connectivity index (χ0n) is 29.3. The summed E-state index contributed by atoms with van der Waals surface area (Å²) in [4.78, 5) is 2.51. The molecule has 1 aliphatic rings. The zero-order valence-corrected chi connectivity index (χ0v) is 29.3. The third-order valence-electron chi connectivity index (χ3n) is 11.2. The number of benzene rings is 9. The smallest absolute Gasteiger partial charge is 0.0546 e. The van der Waals surface area contributed by atoms with E-state index < -0.39 is 0 Å². The van der Waals surface area contributed by atoms with E-state index >= 15 is 0 Å². The molecule has 0 amide bonds. The van der Waals surface area contributed by atoms with Gasteiger partial charge in [-0.05, 0) is 102 Å². The summed E-state index contributed by atoms with van der Waals surface area (Å²) in [6, 6.07) is 69.5. The van der Waals surface area contributed by atoms with Crippen molar-refractivity contribution in [2.24, 2.45) is 0 Å². The first-order chi connectivity index (χ1) is 25.5. The SMILES string of the molecule is CC1(C)c2ccccc2-c2ccc(N(c3cc(-c4ccc5ccccc5c4)ccc3-c3ccc4ccccc4c3)c3cccc4ccccc34)cc21. The Bertz CT molecular complexity index is 2830. The van der Waals surface area contributed by atoms with Crippen LogP contribution in [0.5, 0.6) is 0 Å². The van der Waals surface area contributed by atoms with E-state index in [0.29, 0.717) is 0 Å². The molecular formula is C51H37N. The zero-order chi connectivity index (χ0) is 34.8. The summed E-state index contributed by atoms with van der Waals surface area (Å²) in [5.41, 5.74) is 13.5. The molecule has 0 radical (unpaired) electrons. The highest BCUT2D eigenvalue weighted by Gasteiger charge is 2.36. The van der Waals surface area contributed by atoms with Crippen LogP contribution in [0.4, 0.5) is 17.1 Å². The monoisotopic (exact) mass is 663 g/mol. The topological polar surface area (TPSA) is 3.24 Å². The van der Waals surface area contributed by atoms with Crippen LogP contribution in [0.3, 0.4) is 0 Å². The van der Waals surface area contributed by atoms with Gasteiger partial charge in [-0.1, -0.05) is 166 Å². The minimum Gasteiger partial charge on any atom is -0.309 e. The first kappa shape index (κ1) is 30.4. The van der Waals surface area contributed by atoms with Crippen molar-refractivity contribution in [1.29, 1.82) is 0 Å². The Labute approximate surface area is 305 Å². The summed E-state index contributed by atoms with van der Waals surface area (Å²) in [5.74, 6) is 0. The van der Waals surface area contributed by atoms with Crippen molar-refractivity contribution in [3.63, 3.8) is 0 Å². The lowest BCUT2D eigenvalue weighted by Crippen LogP contribution is -2.17. The van der Waals surface area contributed by atoms with E-state index in [4.69, 9.17) is 0 Å². The molecule has 0 unspecified atom stereocenters. The largest absolute Gasteiger partial charge is 0.309 e. The lowest BCUT2D eigenvalue weighted by molar-refractivity contribution is 0.660. The lowest BCUT2D eigenvalue weighted by atomic mass is 9.82. The van der Waals surface area contributed by atoms with Crippen molar-refractivity contribution in [2.45, 2.75) is 19.3 Å². The number of hydrogen-bond acceptors (Lipinski definition) is 1. The third kappa shape index (κ3) is 4.85. The van der Waals surface area contributed by atoms with E-state index in [2.05, 4.69) is 207 Å². The van der Waals surface area contributed by atoms with E-state index in [-0.39, 0.29) is 5.41 Å². The molecule has 9 aromatic rings. The van der Waals surface area contributed by atoms with Crippen LogP contribution in [0, 0.1) is 0 Å². The van der Waals surface area contributed by atoms with Crippen LogP contribution in [0.1, 0.15) is 25.0 Å². The Morgan fingerprint density at radius 3 is 1.69 bits per heavy atom. The normalized spacial score (nSPS) is 13.0. The Morgan fingerprint density at radius 2 is 0.904 bits per heavy atom. The summed E-state index contributed by atoms with van der Waals surface area (Å²) in [6.45, 7) is 4.73. The molecule has 1 heteroatoms. The molecule has 246 valence electrons. The van der Waals surface area contributed by atoms with Crippen LogP contribution in [0.25, 0.3) is 65.7 Å². The van der Waals surface area contributed by atoms with Gasteiger partial charge in [0.2, 0.25) is 0 Å². The maximum absolute atomic E-state index is 2.51. The predicted molar refractivity (Wildman–Crippen MR) is 222 cm³/mol. The highest BCUT2D eigenvalue weighted by molar-refractivity contribution is 6.03. The average Bonchev–Trinajstić information content (AvgIpc) is 3.43. The Kier molecular flexibility index (Phi) is 6.91. The van der Waals surface area contributed by atoms with E-state index in [0.717, 1.165) is 17.1 Å². The number of fused-ring (bicyclic) bond motifs is 6. The fourth-order valence-electron chi connectivity index (χ4n) is 8.51. The minimum absolute atomic E-state index is 0.125. The molecule has 0 fully saturated rings. The maximum atomic E-state index is 2.51. The summed E-state index contributed by atoms with van der Waals surface area (Å²) in [5, 5.41) is 7.40. The quantitative estimate of drug-likeness (QED) is 0.177. The van der Waals surface area contributed by atoms with E-state index in [9.17, 15) is 0 Å². The lowest BCUT2D eigenvalue weighted by Gasteiger charge is -2.31. The fraction of sp³-hybridized carbons (Fsp3) is 0.0588. The van der Waals surface area contributed by atoms with Crippen LogP contribution in [-0.2, 0) is 5.41 Å². The van der Waals surface area contributed by atoms with Gasteiger partial charge in [0.1, 0.15) is 0 Å². The number of nitrogens with zero attached hydrogens (tertiary/aromatic N) is 1. The molecular weight excluding hydrogens is 627 g/mol. The van der Waals surface area contributed by atoms with Crippen LogP contribution < -0.4 is 4.90 Å². The van der Waals surface area contributed by atoms with Crippen molar-refractivity contribution in [3.8, 4) is 33.4 Å². The molecule has 0 heterocycles. The van der Waals surface area contributed by atoms with E-state index in [1.807, 2.05) is 0 Å². The second kappa shape index (κ2) is 11.8. The molecule has 0 saturated carbocycles. The molecule has 52 heavy (non-hydrogen) atoms. The Balaban J connectivity index is 1.26. The van der Waals surface area contributed by atoms with Crippen molar-refractivity contribution < 1.29 is 0 Å². The third-order valence-corrected chi connectivity index (χ3v) is 11.2. The van der Waals surface area contributed by atoms with Crippen LogP contribution in [-0.4, -0.2) is 0 Å². The van der Waals surface area contributed by atoms with Crippen LogP contribution in [0.2, 0.25) is 0 Å². The molecule has 10 rings (SSSR count). The van der Waals surface area contributed by atoms with Crippen LogP contribution >= 0.6 is 0 Å². The molecule has 0 aromatic heterocycles. The molecule has 9 aromatic carbocycles. The Morgan fingerprint density at radius 1 is 0.346 bits per heavy atom. The first-order valence-corrected chi connectivity index (χ1v) is 18.2. The van der Waals surface area contributed by atoms with Gasteiger partial charge in [-0.15, -0.1) is 0 Å². The molecule has 0 spiro atoms. The van der Waals surface area contributed by atoms with E-state index in [1.54, 1.807) is 0 Å². The summed E-state index contributed by atoms with van der Waals surface area (Å²) < 4.78 is 0. The second-order valence-electron chi connectivity index (χ2n) is 14.6. The summed E-state index contributed by atoms with van der Waals surface area (Å²) in [6.07, 6.45) is 0. The molecule has 0 aliphatic heterocycles. The fourth-order valence-corrected chi connectivity index (χ4v) is 8.51. The van der Waals surface area contributed by atoms with Gasteiger partial charge in [0.05, 0.1) is 11.4 Å². The van der Waals surface area contributed by atoms with Gasteiger partial charge in [-0.3, -0.25) is 0 Å². The molecule has 1 nitrogen and oxygen atoms in total.